The predicted octanol–water partition coefficient (Wildman–Crippen LogP) is 6.27. The number of carbonyl (C=O) groups is 2. The highest BCUT2D eigenvalue weighted by atomic mass is 35.5. The molecule has 0 bridgehead atoms. The SMILES string of the molecule is CCS(=O)(=O)c1ccc(Cl)cc1CNC(=O)c1ccc(CC2CCN(C(=O)OC(C)(C)C)CC2)c(C(F)(F)F)c1. The van der Waals surface area contributed by atoms with Crippen molar-refractivity contribution in [1.82, 2.24) is 10.2 Å². The van der Waals surface area contributed by atoms with E-state index < -0.39 is 39.2 Å². The van der Waals surface area contributed by atoms with Crippen LogP contribution < -0.4 is 5.32 Å². The lowest BCUT2D eigenvalue weighted by Crippen LogP contribution is -2.42. The highest BCUT2D eigenvalue weighted by Crippen LogP contribution is 2.35. The van der Waals surface area contributed by atoms with Gasteiger partial charge >= 0.3 is 12.3 Å². The molecule has 1 N–H and O–H groups in total. The monoisotopic (exact) mass is 602 g/mol. The maximum Gasteiger partial charge on any atom is 0.416 e. The van der Waals surface area contributed by atoms with Crippen LogP contribution in [0.4, 0.5) is 18.0 Å². The molecule has 2 amide bonds. The quantitative estimate of drug-likeness (QED) is 0.403. The summed E-state index contributed by atoms with van der Waals surface area (Å²) in [6, 6.07) is 7.63. The van der Waals surface area contributed by atoms with Crippen molar-refractivity contribution in [1.29, 1.82) is 0 Å². The number of halogens is 4. The van der Waals surface area contributed by atoms with E-state index in [2.05, 4.69) is 5.32 Å². The number of sulfone groups is 1. The zero-order chi connectivity index (χ0) is 29.9. The summed E-state index contributed by atoms with van der Waals surface area (Å²) in [5.41, 5.74) is -1.41. The summed E-state index contributed by atoms with van der Waals surface area (Å²) in [5, 5.41) is 2.78. The first-order valence-electron chi connectivity index (χ1n) is 13.0. The third-order valence-corrected chi connectivity index (χ3v) is 8.69. The van der Waals surface area contributed by atoms with Gasteiger partial charge in [0.15, 0.2) is 9.84 Å². The molecule has 2 aromatic rings. The third-order valence-electron chi connectivity index (χ3n) is 6.63. The first kappa shape index (κ1) is 31.7. The number of likely N-dealkylation sites (tertiary alicyclic amines) is 1. The molecule has 1 aliphatic heterocycles. The number of piperidine rings is 1. The number of nitrogens with one attached hydrogen (secondary N) is 1. The van der Waals surface area contributed by atoms with Crippen molar-refractivity contribution in [3.8, 4) is 0 Å². The van der Waals surface area contributed by atoms with Gasteiger partial charge in [0.05, 0.1) is 16.2 Å². The van der Waals surface area contributed by atoms with E-state index in [1.807, 2.05) is 0 Å². The van der Waals surface area contributed by atoms with Gasteiger partial charge in [0, 0.05) is 30.2 Å². The predicted molar refractivity (Wildman–Crippen MR) is 146 cm³/mol. The molecule has 12 heteroatoms. The summed E-state index contributed by atoms with van der Waals surface area (Å²) >= 11 is 6.00. The summed E-state index contributed by atoms with van der Waals surface area (Å²) in [6.45, 7) is 7.34. The summed E-state index contributed by atoms with van der Waals surface area (Å²) in [4.78, 5) is 26.7. The maximum atomic E-state index is 14.0. The Morgan fingerprint density at radius 1 is 1.05 bits per heavy atom. The van der Waals surface area contributed by atoms with Gasteiger partial charge in [0.2, 0.25) is 0 Å². The lowest BCUT2D eigenvalue weighted by molar-refractivity contribution is -0.138. The van der Waals surface area contributed by atoms with Crippen molar-refractivity contribution in [3.63, 3.8) is 0 Å². The van der Waals surface area contributed by atoms with Crippen molar-refractivity contribution in [2.45, 2.75) is 70.2 Å². The fourth-order valence-electron chi connectivity index (χ4n) is 4.54. The Hall–Kier alpha value is -2.79. The maximum absolute atomic E-state index is 14.0. The third kappa shape index (κ3) is 8.36. The number of amides is 2. The zero-order valence-corrected chi connectivity index (χ0v) is 24.5. The highest BCUT2D eigenvalue weighted by molar-refractivity contribution is 7.91. The van der Waals surface area contributed by atoms with Crippen LogP contribution in [0.3, 0.4) is 0 Å². The van der Waals surface area contributed by atoms with Gasteiger partial charge in [-0.25, -0.2) is 13.2 Å². The van der Waals surface area contributed by atoms with Crippen molar-refractivity contribution < 1.29 is 35.9 Å². The lowest BCUT2D eigenvalue weighted by Gasteiger charge is -2.33. The van der Waals surface area contributed by atoms with E-state index in [1.165, 1.54) is 37.3 Å². The molecule has 0 atom stereocenters. The fourth-order valence-corrected chi connectivity index (χ4v) is 5.85. The van der Waals surface area contributed by atoms with Crippen molar-refractivity contribution in [2.75, 3.05) is 18.8 Å². The second-order valence-corrected chi connectivity index (χ2v) is 13.5. The van der Waals surface area contributed by atoms with Gasteiger partial charge in [-0.05, 0) is 87.4 Å². The molecule has 0 aromatic heterocycles. The minimum absolute atomic E-state index is 0.00347. The van der Waals surface area contributed by atoms with Crippen LogP contribution in [0, 0.1) is 5.92 Å². The molecular formula is C28H34ClF3N2O5S. The molecule has 1 saturated heterocycles. The largest absolute Gasteiger partial charge is 0.444 e. The van der Waals surface area contributed by atoms with E-state index in [4.69, 9.17) is 16.3 Å². The van der Waals surface area contributed by atoms with Crippen LogP contribution in [-0.2, 0) is 33.7 Å². The van der Waals surface area contributed by atoms with Gasteiger partial charge < -0.3 is 15.0 Å². The van der Waals surface area contributed by atoms with Crippen LogP contribution in [0.15, 0.2) is 41.3 Å². The molecule has 220 valence electrons. The molecule has 0 aliphatic carbocycles. The smallest absolute Gasteiger partial charge is 0.416 e. The van der Waals surface area contributed by atoms with Gasteiger partial charge in [-0.3, -0.25) is 4.79 Å². The van der Waals surface area contributed by atoms with Gasteiger partial charge in [-0.15, -0.1) is 0 Å². The Kier molecular flexibility index (Phi) is 9.82. The molecular weight excluding hydrogens is 569 g/mol. The Bertz CT molecular complexity index is 1350. The van der Waals surface area contributed by atoms with Crippen LogP contribution in [0.2, 0.25) is 5.02 Å². The number of nitrogens with zero attached hydrogens (tertiary/aromatic N) is 1. The number of hydrogen-bond donors (Lipinski definition) is 1. The number of carbonyl (C=O) groups excluding carboxylic acids is 2. The van der Waals surface area contributed by atoms with Crippen LogP contribution in [0.25, 0.3) is 0 Å². The average molecular weight is 603 g/mol. The molecule has 1 fully saturated rings. The molecule has 2 aromatic carbocycles. The van der Waals surface area contributed by atoms with Crippen LogP contribution in [-0.4, -0.2) is 49.8 Å². The zero-order valence-electron chi connectivity index (χ0n) is 22.9. The molecule has 1 aliphatic rings. The van der Waals surface area contributed by atoms with Gasteiger partial charge in [0.25, 0.3) is 5.91 Å². The van der Waals surface area contributed by atoms with E-state index in [1.54, 1.807) is 25.7 Å². The van der Waals surface area contributed by atoms with E-state index in [9.17, 15) is 31.2 Å². The standard InChI is InChI=1S/C28H34ClF3N2O5S/c1-5-40(37,38)24-9-8-22(29)15-21(24)17-33-25(35)20-7-6-19(23(16-20)28(30,31)32)14-18-10-12-34(13-11-18)26(36)39-27(2,3)4/h6-9,15-16,18H,5,10-14,17H2,1-4H3,(H,33,35). The fraction of sp³-hybridized carbons (Fsp3) is 0.500. The first-order valence-corrected chi connectivity index (χ1v) is 15.0. The number of alkyl halides is 3. The van der Waals surface area contributed by atoms with Gasteiger partial charge in [0.1, 0.15) is 5.60 Å². The molecule has 7 nitrogen and oxygen atoms in total. The number of benzene rings is 2. The van der Waals surface area contributed by atoms with E-state index in [0.717, 1.165) is 6.07 Å². The Morgan fingerprint density at radius 2 is 1.70 bits per heavy atom. The number of ether oxygens (including phenoxy) is 1. The van der Waals surface area contributed by atoms with E-state index in [-0.39, 0.29) is 51.2 Å². The topological polar surface area (TPSA) is 92.8 Å². The average Bonchev–Trinajstić information content (AvgIpc) is 2.86. The Morgan fingerprint density at radius 3 is 2.27 bits per heavy atom. The van der Waals surface area contributed by atoms with Gasteiger partial charge in [-0.1, -0.05) is 24.6 Å². The molecule has 0 saturated carbocycles. The van der Waals surface area contributed by atoms with E-state index in [0.29, 0.717) is 25.9 Å². The summed E-state index contributed by atoms with van der Waals surface area (Å²) < 4.78 is 72.2. The highest BCUT2D eigenvalue weighted by Gasteiger charge is 2.35. The molecule has 40 heavy (non-hydrogen) atoms. The second-order valence-electron chi connectivity index (χ2n) is 10.8. The molecule has 1 heterocycles. The minimum atomic E-state index is -4.68. The summed E-state index contributed by atoms with van der Waals surface area (Å²) in [5.74, 6) is -1.00. The number of rotatable bonds is 7. The lowest BCUT2D eigenvalue weighted by atomic mass is 9.87. The minimum Gasteiger partial charge on any atom is -0.444 e. The summed E-state index contributed by atoms with van der Waals surface area (Å²) in [6.07, 6.45) is -3.91. The van der Waals surface area contributed by atoms with Crippen molar-refractivity contribution in [2.24, 2.45) is 5.92 Å². The molecule has 0 unspecified atom stereocenters. The van der Waals surface area contributed by atoms with Crippen LogP contribution in [0.1, 0.15) is 67.6 Å². The van der Waals surface area contributed by atoms with Crippen molar-refractivity contribution in [3.05, 3.63) is 63.7 Å². The second kappa shape index (κ2) is 12.4. The molecule has 0 radical (unpaired) electrons. The molecule has 3 rings (SSSR count). The Balaban J connectivity index is 1.72. The normalized spacial score (nSPS) is 15.2. The molecule has 0 spiro atoms. The van der Waals surface area contributed by atoms with Crippen molar-refractivity contribution >= 4 is 33.4 Å². The van der Waals surface area contributed by atoms with Gasteiger partial charge in [-0.2, -0.15) is 13.2 Å². The number of hydrogen-bond acceptors (Lipinski definition) is 5. The van der Waals surface area contributed by atoms with Crippen LogP contribution in [0.5, 0.6) is 0 Å². The Labute approximate surface area is 237 Å². The van der Waals surface area contributed by atoms with Crippen LogP contribution >= 0.6 is 11.6 Å². The summed E-state index contributed by atoms with van der Waals surface area (Å²) in [7, 11) is -3.61. The first-order chi connectivity index (χ1) is 18.5. The van der Waals surface area contributed by atoms with E-state index >= 15 is 0 Å².